The fraction of sp³-hybridized carbons (Fsp3) is 0.370. The molecule has 5 rings (SSSR count). The van der Waals surface area contributed by atoms with E-state index in [1.165, 1.54) is 16.8 Å². The van der Waals surface area contributed by atoms with Crippen molar-refractivity contribution in [2.45, 2.75) is 38.6 Å². The lowest BCUT2D eigenvalue weighted by Gasteiger charge is -2.60. The van der Waals surface area contributed by atoms with E-state index >= 15 is 0 Å². The van der Waals surface area contributed by atoms with Gasteiger partial charge in [-0.25, -0.2) is 10.6 Å². The minimum Gasteiger partial charge on any atom is -0.507 e. The molecule has 1 aliphatic heterocycles. The summed E-state index contributed by atoms with van der Waals surface area (Å²) in [5.74, 6) is 6.03. The van der Waals surface area contributed by atoms with E-state index in [1.807, 2.05) is 32.0 Å². The minimum absolute atomic E-state index is 0.143. The number of phenols is 1. The lowest BCUT2D eigenvalue weighted by Crippen LogP contribution is -2.62. The number of carboxylic acids is 1. The quantitative estimate of drug-likeness (QED) is 0.291. The largest absolute Gasteiger partial charge is 0.507 e. The highest BCUT2D eigenvalue weighted by atomic mass is 16.4. The Labute approximate surface area is 210 Å². The molecule has 0 bridgehead atoms. The van der Waals surface area contributed by atoms with E-state index in [2.05, 4.69) is 33.3 Å². The highest BCUT2D eigenvalue weighted by molar-refractivity contribution is 5.83. The first-order valence-electron chi connectivity index (χ1n) is 12.2. The van der Waals surface area contributed by atoms with Gasteiger partial charge in [-0.2, -0.15) is 0 Å². The topological polar surface area (TPSA) is 142 Å². The number of para-hydroxylation sites is 1. The number of aromatic nitrogens is 2. The maximum Gasteiger partial charge on any atom is 0.328 e. The zero-order valence-corrected chi connectivity index (χ0v) is 20.5. The molecule has 36 heavy (non-hydrogen) atoms. The average molecular weight is 489 g/mol. The summed E-state index contributed by atoms with van der Waals surface area (Å²) in [6.45, 7) is 5.33. The van der Waals surface area contributed by atoms with E-state index < -0.39 is 12.0 Å². The highest BCUT2D eigenvalue weighted by Gasteiger charge is 2.53. The van der Waals surface area contributed by atoms with Crippen molar-refractivity contribution in [3.05, 3.63) is 66.1 Å². The van der Waals surface area contributed by atoms with Gasteiger partial charge in [-0.1, -0.05) is 38.1 Å². The van der Waals surface area contributed by atoms with Gasteiger partial charge in [0, 0.05) is 29.5 Å². The van der Waals surface area contributed by atoms with Crippen molar-refractivity contribution >= 4 is 16.9 Å². The second kappa shape index (κ2) is 8.98. The first-order valence-corrected chi connectivity index (χ1v) is 12.2. The van der Waals surface area contributed by atoms with Crippen LogP contribution in [0.4, 0.5) is 0 Å². The third-order valence-electron chi connectivity index (χ3n) is 7.53. The molecular formula is C27H32N6O3. The van der Waals surface area contributed by atoms with Gasteiger partial charge < -0.3 is 25.9 Å². The molecule has 9 heteroatoms. The molecule has 2 heterocycles. The molecule has 6 N–H and O–H groups in total. The predicted molar refractivity (Wildman–Crippen MR) is 137 cm³/mol. The molecule has 1 saturated heterocycles. The zero-order valence-electron chi connectivity index (χ0n) is 20.5. The van der Waals surface area contributed by atoms with Crippen LogP contribution in [0.3, 0.4) is 0 Å². The monoisotopic (exact) mass is 488 g/mol. The van der Waals surface area contributed by atoms with Gasteiger partial charge in [0.1, 0.15) is 17.6 Å². The molecule has 1 aliphatic carbocycles. The maximum absolute atomic E-state index is 11.5. The summed E-state index contributed by atoms with van der Waals surface area (Å²) in [4.78, 5) is 13.6. The zero-order chi connectivity index (χ0) is 25.6. The molecule has 1 atom stereocenters. The Balaban J connectivity index is 1.21. The lowest BCUT2D eigenvalue weighted by molar-refractivity contribution is -0.144. The number of hydrogen-bond donors (Lipinski definition) is 4. The van der Waals surface area contributed by atoms with Crippen LogP contribution in [0.5, 0.6) is 5.75 Å². The van der Waals surface area contributed by atoms with Gasteiger partial charge in [0.2, 0.25) is 0 Å². The van der Waals surface area contributed by atoms with E-state index in [9.17, 15) is 15.0 Å². The van der Waals surface area contributed by atoms with E-state index in [1.54, 1.807) is 12.1 Å². The lowest BCUT2D eigenvalue weighted by atomic mass is 9.56. The van der Waals surface area contributed by atoms with Crippen LogP contribution in [0.1, 0.15) is 38.2 Å². The number of rotatable bonds is 7. The van der Waals surface area contributed by atoms with Crippen molar-refractivity contribution in [3.8, 4) is 17.0 Å². The van der Waals surface area contributed by atoms with E-state index in [-0.39, 0.29) is 17.1 Å². The molecule has 3 aromatic rings. The molecule has 2 fully saturated rings. The molecule has 1 saturated carbocycles. The van der Waals surface area contributed by atoms with Gasteiger partial charge in [0.05, 0.1) is 17.4 Å². The number of benzene rings is 2. The smallest absolute Gasteiger partial charge is 0.328 e. The van der Waals surface area contributed by atoms with Crippen molar-refractivity contribution in [1.82, 2.24) is 20.1 Å². The van der Waals surface area contributed by atoms with Crippen LogP contribution in [0.25, 0.3) is 22.2 Å². The third kappa shape index (κ3) is 4.30. The van der Waals surface area contributed by atoms with Gasteiger partial charge in [-0.15, -0.1) is 10.2 Å². The van der Waals surface area contributed by atoms with Crippen LogP contribution >= 0.6 is 0 Å². The second-order valence-corrected chi connectivity index (χ2v) is 10.6. The first kappa shape index (κ1) is 23.9. The number of aromatic hydroxyl groups is 1. The Bertz CT molecular complexity index is 1330. The van der Waals surface area contributed by atoms with Gasteiger partial charge in [0.25, 0.3) is 0 Å². The molecule has 188 valence electrons. The SMILES string of the molecule is CC(C)C(C(=O)O)N(N)/C=C(\N)N1CC2(CC(c3ccc4cc(-c5ccccc5O)nnc4c3)C2)C1. The summed E-state index contributed by atoms with van der Waals surface area (Å²) in [6.07, 6.45) is 3.68. The Morgan fingerprint density at radius 3 is 2.56 bits per heavy atom. The second-order valence-electron chi connectivity index (χ2n) is 10.6. The summed E-state index contributed by atoms with van der Waals surface area (Å²) < 4.78 is 0. The first-order chi connectivity index (χ1) is 17.2. The van der Waals surface area contributed by atoms with Crippen molar-refractivity contribution in [3.63, 3.8) is 0 Å². The summed E-state index contributed by atoms with van der Waals surface area (Å²) >= 11 is 0. The van der Waals surface area contributed by atoms with Crippen molar-refractivity contribution in [1.29, 1.82) is 0 Å². The van der Waals surface area contributed by atoms with Crippen LogP contribution < -0.4 is 11.6 Å². The number of carboxylic acid groups (broad SMARTS) is 1. The number of hydrogen-bond acceptors (Lipinski definition) is 8. The standard InChI is InChI=1S/C27H32N6O3/c1-16(2)25(26(35)36)33(29)13-24(28)32-14-27(15-32)11-19(12-27)17-7-8-18-10-22(31-30-21(18)9-17)20-5-3-4-6-23(20)34/h3-10,13,16,19,25,34H,11-12,14-15,28-29H2,1-2H3,(H,35,36)/b24-13+. The molecule has 1 unspecified atom stereocenters. The van der Waals surface area contributed by atoms with Crippen molar-refractivity contribution < 1.29 is 15.0 Å². The summed E-state index contributed by atoms with van der Waals surface area (Å²) in [5.41, 5.74) is 9.89. The molecule has 1 aromatic heterocycles. The highest BCUT2D eigenvalue weighted by Crippen LogP contribution is 2.56. The molecule has 9 nitrogen and oxygen atoms in total. The molecule has 1 spiro atoms. The van der Waals surface area contributed by atoms with Gasteiger partial charge >= 0.3 is 5.97 Å². The Morgan fingerprint density at radius 2 is 1.89 bits per heavy atom. The van der Waals surface area contributed by atoms with E-state index in [0.29, 0.717) is 23.0 Å². The molecule has 0 radical (unpaired) electrons. The van der Waals surface area contributed by atoms with Crippen LogP contribution in [-0.4, -0.2) is 55.4 Å². The number of likely N-dealkylation sites (tertiary alicyclic amines) is 1. The molecule has 2 aliphatic rings. The maximum atomic E-state index is 11.5. The molecule has 0 amide bonds. The fourth-order valence-corrected chi connectivity index (χ4v) is 5.63. The Hall–Kier alpha value is -3.85. The normalized spacial score (nSPS) is 18.2. The number of fused-ring (bicyclic) bond motifs is 1. The number of aliphatic carboxylic acids is 1. The summed E-state index contributed by atoms with van der Waals surface area (Å²) in [5, 5.41) is 30.5. The molecule has 2 aromatic carbocycles. The minimum atomic E-state index is -0.965. The Kier molecular flexibility index (Phi) is 5.96. The number of nitrogens with two attached hydrogens (primary N) is 2. The summed E-state index contributed by atoms with van der Waals surface area (Å²) in [7, 11) is 0. The van der Waals surface area contributed by atoms with Gasteiger partial charge in [-0.3, -0.25) is 0 Å². The van der Waals surface area contributed by atoms with Crippen LogP contribution in [0.2, 0.25) is 0 Å². The fourth-order valence-electron chi connectivity index (χ4n) is 5.63. The summed E-state index contributed by atoms with van der Waals surface area (Å²) in [6, 6.07) is 14.6. The Morgan fingerprint density at radius 1 is 1.17 bits per heavy atom. The van der Waals surface area contributed by atoms with Crippen molar-refractivity contribution in [2.75, 3.05) is 13.1 Å². The number of carbonyl (C=O) groups is 1. The van der Waals surface area contributed by atoms with Crippen molar-refractivity contribution in [2.24, 2.45) is 22.9 Å². The van der Waals surface area contributed by atoms with E-state index in [0.717, 1.165) is 36.8 Å². The number of nitrogens with zero attached hydrogens (tertiary/aromatic N) is 4. The average Bonchev–Trinajstić information content (AvgIpc) is 2.76. The molecular weight excluding hydrogens is 456 g/mol. The third-order valence-corrected chi connectivity index (χ3v) is 7.53. The van der Waals surface area contributed by atoms with E-state index in [4.69, 9.17) is 11.6 Å². The number of phenolic OH excluding ortho intramolecular Hbond substituents is 1. The predicted octanol–water partition coefficient (Wildman–Crippen LogP) is 3.22. The van der Waals surface area contributed by atoms with Crippen LogP contribution in [0.15, 0.2) is 60.6 Å². The number of hydrazine groups is 1. The van der Waals surface area contributed by atoms with Crippen LogP contribution in [-0.2, 0) is 4.79 Å². The van der Waals surface area contributed by atoms with Crippen LogP contribution in [0, 0.1) is 11.3 Å². The van der Waals surface area contributed by atoms with Gasteiger partial charge in [0.15, 0.2) is 0 Å². The van der Waals surface area contributed by atoms with Gasteiger partial charge in [-0.05, 0) is 54.5 Å².